The van der Waals surface area contributed by atoms with Crippen molar-refractivity contribution < 1.29 is 0 Å². The Morgan fingerprint density at radius 2 is 1.85 bits per heavy atom. The van der Waals surface area contributed by atoms with Crippen molar-refractivity contribution in [1.29, 1.82) is 0 Å². The van der Waals surface area contributed by atoms with Crippen molar-refractivity contribution in [3.05, 3.63) is 35.3 Å². The summed E-state index contributed by atoms with van der Waals surface area (Å²) in [5.41, 5.74) is 7.76. The quantitative estimate of drug-likeness (QED) is 0.843. The van der Waals surface area contributed by atoms with Crippen LogP contribution in [0.25, 0.3) is 10.4 Å². The summed E-state index contributed by atoms with van der Waals surface area (Å²) in [5, 5.41) is 0. The van der Waals surface area contributed by atoms with Crippen LogP contribution >= 0.6 is 11.3 Å². The fourth-order valence-electron chi connectivity index (χ4n) is 2.69. The fourth-order valence-corrected chi connectivity index (χ4v) is 3.75. The summed E-state index contributed by atoms with van der Waals surface area (Å²) < 4.78 is 2.14. The van der Waals surface area contributed by atoms with E-state index in [0.29, 0.717) is 6.04 Å². The van der Waals surface area contributed by atoms with Gasteiger partial charge in [-0.2, -0.15) is 0 Å². The van der Waals surface area contributed by atoms with Crippen LogP contribution in [0.15, 0.2) is 35.5 Å². The summed E-state index contributed by atoms with van der Waals surface area (Å²) in [6.45, 7) is 0. The number of hydrogen-bond acceptors (Lipinski definition) is 3. The summed E-state index contributed by atoms with van der Waals surface area (Å²) in [7, 11) is 2.08. The lowest BCUT2D eigenvalue weighted by Crippen LogP contribution is -2.17. The predicted octanol–water partition coefficient (Wildman–Crippen LogP) is 3.57. The molecule has 0 saturated heterocycles. The molecule has 4 heteroatoms. The molecule has 20 heavy (non-hydrogen) atoms. The van der Waals surface area contributed by atoms with Crippen LogP contribution in [0.1, 0.15) is 32.1 Å². The van der Waals surface area contributed by atoms with Crippen molar-refractivity contribution in [2.75, 3.05) is 5.73 Å². The molecule has 1 aliphatic rings. The van der Waals surface area contributed by atoms with E-state index in [9.17, 15) is 0 Å². The summed E-state index contributed by atoms with van der Waals surface area (Å²) in [6.07, 6.45) is 8.68. The molecule has 0 aliphatic heterocycles. The van der Waals surface area contributed by atoms with E-state index in [1.54, 1.807) is 11.3 Å². The van der Waals surface area contributed by atoms with Gasteiger partial charge in [-0.25, -0.2) is 0 Å². The van der Waals surface area contributed by atoms with Crippen molar-refractivity contribution in [3.63, 3.8) is 0 Å². The van der Waals surface area contributed by atoms with Gasteiger partial charge in [0, 0.05) is 18.9 Å². The average Bonchev–Trinajstić information content (AvgIpc) is 2.82. The zero-order valence-corrected chi connectivity index (χ0v) is 12.7. The monoisotopic (exact) mass is 287 g/mol. The van der Waals surface area contributed by atoms with Gasteiger partial charge >= 0.3 is 0 Å². The van der Waals surface area contributed by atoms with Gasteiger partial charge in [0.05, 0.1) is 10.9 Å². The first-order valence-corrected chi connectivity index (χ1v) is 8.10. The summed E-state index contributed by atoms with van der Waals surface area (Å²) in [6, 6.07) is 8.57. The van der Waals surface area contributed by atoms with Gasteiger partial charge in [0.15, 0.2) is 4.80 Å². The second-order valence-corrected chi connectivity index (χ2v) is 6.54. The van der Waals surface area contributed by atoms with E-state index in [0.717, 1.165) is 10.5 Å². The maximum atomic E-state index is 5.74. The molecule has 2 N–H and O–H groups in total. The zero-order chi connectivity index (χ0) is 13.9. The van der Waals surface area contributed by atoms with Crippen LogP contribution in [-0.4, -0.2) is 10.6 Å². The van der Waals surface area contributed by atoms with Crippen molar-refractivity contribution >= 4 is 17.0 Å². The predicted molar refractivity (Wildman–Crippen MR) is 85.6 cm³/mol. The van der Waals surface area contributed by atoms with E-state index in [4.69, 9.17) is 10.7 Å². The second kappa shape index (κ2) is 5.83. The smallest absolute Gasteiger partial charge is 0.185 e. The lowest BCUT2D eigenvalue weighted by molar-refractivity contribution is 0.435. The number of aryl methyl sites for hydroxylation is 1. The van der Waals surface area contributed by atoms with Gasteiger partial charge in [-0.05, 0) is 30.5 Å². The Balaban J connectivity index is 1.90. The normalized spacial score (nSPS) is 17.6. The van der Waals surface area contributed by atoms with Gasteiger partial charge < -0.3 is 10.3 Å². The third-order valence-electron chi connectivity index (χ3n) is 3.88. The van der Waals surface area contributed by atoms with Crippen molar-refractivity contribution in [3.8, 4) is 10.4 Å². The molecule has 0 bridgehead atoms. The molecular formula is C16H21N3S. The van der Waals surface area contributed by atoms with Gasteiger partial charge in [0.25, 0.3) is 0 Å². The topological polar surface area (TPSA) is 43.3 Å². The van der Waals surface area contributed by atoms with Gasteiger partial charge in [-0.15, -0.1) is 0 Å². The molecule has 0 amide bonds. The SMILES string of the molecule is Cn1cc(-c2ccc(N)cc2)sc1=NC1CCCCC1. The number of hydrogen-bond donors (Lipinski definition) is 1. The minimum absolute atomic E-state index is 0.521. The number of rotatable bonds is 2. The molecule has 1 aliphatic carbocycles. The van der Waals surface area contributed by atoms with Crippen LogP contribution in [0.2, 0.25) is 0 Å². The Hall–Kier alpha value is -1.55. The lowest BCUT2D eigenvalue weighted by Gasteiger charge is -2.16. The number of nitrogens with zero attached hydrogens (tertiary/aromatic N) is 2. The average molecular weight is 287 g/mol. The van der Waals surface area contributed by atoms with Crippen LogP contribution in [0.3, 0.4) is 0 Å². The van der Waals surface area contributed by atoms with Crippen molar-refractivity contribution in [2.24, 2.45) is 12.0 Å². The number of anilines is 1. The number of benzene rings is 1. The first-order valence-electron chi connectivity index (χ1n) is 7.28. The molecule has 106 valence electrons. The molecule has 2 aromatic rings. The van der Waals surface area contributed by atoms with Crippen LogP contribution in [0.4, 0.5) is 5.69 Å². The van der Waals surface area contributed by atoms with Crippen LogP contribution in [-0.2, 0) is 7.05 Å². The van der Waals surface area contributed by atoms with Gasteiger partial charge in [0.2, 0.25) is 0 Å². The number of aromatic nitrogens is 1. The fraction of sp³-hybridized carbons (Fsp3) is 0.438. The minimum atomic E-state index is 0.521. The molecule has 3 nitrogen and oxygen atoms in total. The molecule has 1 aromatic carbocycles. The highest BCUT2D eigenvalue weighted by Gasteiger charge is 2.12. The minimum Gasteiger partial charge on any atom is -0.399 e. The molecule has 1 heterocycles. The number of nitrogen functional groups attached to an aromatic ring is 1. The van der Waals surface area contributed by atoms with E-state index in [-0.39, 0.29) is 0 Å². The molecule has 0 unspecified atom stereocenters. The number of nitrogens with two attached hydrogens (primary N) is 1. The Morgan fingerprint density at radius 3 is 2.55 bits per heavy atom. The van der Waals surface area contributed by atoms with Gasteiger partial charge in [-0.3, -0.25) is 4.99 Å². The Labute approximate surface area is 123 Å². The lowest BCUT2D eigenvalue weighted by atomic mass is 9.96. The standard InChI is InChI=1S/C16H21N3S/c1-19-11-15(12-7-9-13(17)10-8-12)20-16(19)18-14-5-3-2-4-6-14/h7-11,14H,2-6,17H2,1H3. The van der Waals surface area contributed by atoms with E-state index in [1.807, 2.05) is 12.1 Å². The maximum absolute atomic E-state index is 5.74. The number of thiazole rings is 1. The van der Waals surface area contributed by atoms with Crippen LogP contribution in [0.5, 0.6) is 0 Å². The highest BCUT2D eigenvalue weighted by Crippen LogP contribution is 2.24. The van der Waals surface area contributed by atoms with Gasteiger partial charge in [0.1, 0.15) is 0 Å². The maximum Gasteiger partial charge on any atom is 0.185 e. The first kappa shape index (κ1) is 13.4. The third-order valence-corrected chi connectivity index (χ3v) is 5.01. The van der Waals surface area contributed by atoms with Crippen LogP contribution < -0.4 is 10.5 Å². The van der Waals surface area contributed by atoms with E-state index in [1.165, 1.54) is 42.5 Å². The summed E-state index contributed by atoms with van der Waals surface area (Å²) in [5.74, 6) is 0. The molecule has 3 rings (SSSR count). The van der Waals surface area contributed by atoms with E-state index >= 15 is 0 Å². The molecule has 1 saturated carbocycles. The zero-order valence-electron chi connectivity index (χ0n) is 11.9. The van der Waals surface area contributed by atoms with Crippen molar-refractivity contribution in [1.82, 2.24) is 4.57 Å². The molecule has 1 fully saturated rings. The van der Waals surface area contributed by atoms with Gasteiger partial charge in [-0.1, -0.05) is 42.7 Å². The molecular weight excluding hydrogens is 266 g/mol. The Kier molecular flexibility index (Phi) is 3.92. The Bertz CT molecular complexity index is 630. The Morgan fingerprint density at radius 1 is 1.15 bits per heavy atom. The molecule has 0 spiro atoms. The van der Waals surface area contributed by atoms with Crippen molar-refractivity contribution in [2.45, 2.75) is 38.1 Å². The third kappa shape index (κ3) is 2.96. The molecule has 0 radical (unpaired) electrons. The highest BCUT2D eigenvalue weighted by molar-refractivity contribution is 7.12. The van der Waals surface area contributed by atoms with Crippen LogP contribution in [0, 0.1) is 0 Å². The highest BCUT2D eigenvalue weighted by atomic mass is 32.1. The second-order valence-electron chi connectivity index (χ2n) is 5.53. The largest absolute Gasteiger partial charge is 0.399 e. The van der Waals surface area contributed by atoms with E-state index in [2.05, 4.69) is 29.9 Å². The van der Waals surface area contributed by atoms with E-state index < -0.39 is 0 Å². The first-order chi connectivity index (χ1) is 9.72. The summed E-state index contributed by atoms with van der Waals surface area (Å²) >= 11 is 1.77. The molecule has 0 atom stereocenters. The molecule has 1 aromatic heterocycles. The summed E-state index contributed by atoms with van der Waals surface area (Å²) in [4.78, 5) is 7.32.